The van der Waals surface area contributed by atoms with E-state index in [9.17, 15) is 0 Å². The molecule has 0 aliphatic carbocycles. The molecule has 0 bridgehead atoms. The maximum atomic E-state index is 5.91. The Hall–Kier alpha value is -1.000. The van der Waals surface area contributed by atoms with Crippen LogP contribution in [0.3, 0.4) is 0 Å². The van der Waals surface area contributed by atoms with E-state index >= 15 is 0 Å². The van der Waals surface area contributed by atoms with Crippen molar-refractivity contribution in [3.05, 3.63) is 68.8 Å². The molecule has 0 saturated carbocycles. The Kier molecular flexibility index (Phi) is 5.08. The monoisotopic (exact) mass is 369 g/mol. The molecule has 2 aromatic carbocycles. The van der Waals surface area contributed by atoms with Gasteiger partial charge in [-0.25, -0.2) is 0 Å². The van der Waals surface area contributed by atoms with Crippen LogP contribution in [0.2, 0.25) is 5.02 Å². The van der Waals surface area contributed by atoms with Crippen LogP contribution in [-0.4, -0.2) is 6.54 Å². The predicted octanol–water partition coefficient (Wildman–Crippen LogP) is 5.07. The van der Waals surface area contributed by atoms with Crippen LogP contribution in [0.5, 0.6) is 0 Å². The summed E-state index contributed by atoms with van der Waals surface area (Å²) in [6.45, 7) is 0.798. The fraction of sp³-hybridized carbons (Fsp3) is 0.0667. The third kappa shape index (κ3) is 4.03. The molecular weight excluding hydrogens is 357 g/mol. The summed E-state index contributed by atoms with van der Waals surface area (Å²) >= 11 is 8.19. The van der Waals surface area contributed by atoms with Gasteiger partial charge in [-0.3, -0.25) is 0 Å². The number of hydrogen-bond acceptors (Lipinski definition) is 1. The second-order valence-electron chi connectivity index (χ2n) is 3.82. The minimum atomic E-state index is 0.768. The lowest BCUT2D eigenvalue weighted by Gasteiger charge is -2.06. The Morgan fingerprint density at radius 2 is 1.89 bits per heavy atom. The number of anilines is 1. The van der Waals surface area contributed by atoms with E-state index in [4.69, 9.17) is 11.6 Å². The number of nitrogens with one attached hydrogen (secondary N) is 1. The second kappa shape index (κ2) is 6.81. The third-order valence-electron chi connectivity index (χ3n) is 2.45. The van der Waals surface area contributed by atoms with Gasteiger partial charge in [0, 0.05) is 20.8 Å². The molecule has 0 aliphatic heterocycles. The van der Waals surface area contributed by atoms with Crippen molar-refractivity contribution in [1.29, 1.82) is 0 Å². The van der Waals surface area contributed by atoms with Crippen molar-refractivity contribution in [3.8, 4) is 0 Å². The Bertz CT molecular complexity index is 537. The zero-order valence-electron chi connectivity index (χ0n) is 9.74. The summed E-state index contributed by atoms with van der Waals surface area (Å²) < 4.78 is 1.13. The van der Waals surface area contributed by atoms with Gasteiger partial charge < -0.3 is 5.32 Å². The van der Waals surface area contributed by atoms with Crippen LogP contribution in [0.15, 0.2) is 54.6 Å². The average molecular weight is 370 g/mol. The molecule has 2 rings (SSSR count). The van der Waals surface area contributed by atoms with Crippen molar-refractivity contribution >= 4 is 46.0 Å². The second-order valence-corrected chi connectivity index (χ2v) is 5.42. The molecule has 0 fully saturated rings. The molecule has 0 heterocycles. The van der Waals surface area contributed by atoms with Crippen LogP contribution in [0.25, 0.3) is 6.08 Å². The van der Waals surface area contributed by atoms with Gasteiger partial charge in [-0.2, -0.15) is 0 Å². The van der Waals surface area contributed by atoms with Crippen molar-refractivity contribution in [2.24, 2.45) is 0 Å². The minimum absolute atomic E-state index is 0.768. The van der Waals surface area contributed by atoms with E-state index in [1.165, 1.54) is 5.56 Å². The van der Waals surface area contributed by atoms with E-state index in [1.807, 2.05) is 36.4 Å². The normalized spacial score (nSPS) is 10.8. The van der Waals surface area contributed by atoms with Gasteiger partial charge >= 0.3 is 0 Å². The zero-order valence-corrected chi connectivity index (χ0v) is 12.6. The Morgan fingerprint density at radius 3 is 2.61 bits per heavy atom. The highest BCUT2D eigenvalue weighted by Gasteiger charge is 1.98. The number of halogens is 2. The van der Waals surface area contributed by atoms with Gasteiger partial charge in [0.1, 0.15) is 0 Å². The summed E-state index contributed by atoms with van der Waals surface area (Å²) in [7, 11) is 0. The Labute approximate surface area is 126 Å². The lowest BCUT2D eigenvalue weighted by Crippen LogP contribution is -1.99. The van der Waals surface area contributed by atoms with Crippen LogP contribution in [0.4, 0.5) is 5.69 Å². The van der Waals surface area contributed by atoms with Gasteiger partial charge in [0.25, 0.3) is 0 Å². The first kappa shape index (κ1) is 13.4. The molecule has 1 N–H and O–H groups in total. The molecule has 0 radical (unpaired) electrons. The molecule has 1 nitrogen and oxygen atoms in total. The van der Waals surface area contributed by atoms with Crippen LogP contribution in [0.1, 0.15) is 5.56 Å². The number of rotatable bonds is 4. The Balaban J connectivity index is 1.91. The van der Waals surface area contributed by atoms with E-state index in [1.54, 1.807) is 0 Å². The molecule has 0 aromatic heterocycles. The molecule has 18 heavy (non-hydrogen) atoms. The summed E-state index contributed by atoms with van der Waals surface area (Å²) in [6.07, 6.45) is 4.22. The summed E-state index contributed by atoms with van der Waals surface area (Å²) in [5, 5.41) is 4.13. The molecule has 0 aliphatic rings. The highest BCUT2D eigenvalue weighted by molar-refractivity contribution is 14.1. The van der Waals surface area contributed by atoms with Crippen LogP contribution in [-0.2, 0) is 0 Å². The maximum Gasteiger partial charge on any atom is 0.0479 e. The molecule has 0 saturated heterocycles. The molecule has 0 atom stereocenters. The van der Waals surface area contributed by atoms with E-state index < -0.39 is 0 Å². The lowest BCUT2D eigenvalue weighted by atomic mass is 10.2. The summed E-state index contributed by atoms with van der Waals surface area (Å²) in [5.74, 6) is 0. The van der Waals surface area contributed by atoms with Crippen LogP contribution >= 0.6 is 34.2 Å². The topological polar surface area (TPSA) is 12.0 Å². The lowest BCUT2D eigenvalue weighted by molar-refractivity contribution is 1.33. The van der Waals surface area contributed by atoms with Crippen LogP contribution < -0.4 is 5.32 Å². The summed E-state index contributed by atoms with van der Waals surface area (Å²) in [4.78, 5) is 0. The summed E-state index contributed by atoms with van der Waals surface area (Å²) in [6, 6.07) is 16.1. The fourth-order valence-corrected chi connectivity index (χ4v) is 2.62. The third-order valence-corrected chi connectivity index (χ3v) is 3.58. The molecule has 2 aromatic rings. The molecule has 92 valence electrons. The zero-order chi connectivity index (χ0) is 12.8. The highest BCUT2D eigenvalue weighted by atomic mass is 127. The van der Waals surface area contributed by atoms with Gasteiger partial charge in [0.05, 0.1) is 0 Å². The Morgan fingerprint density at radius 1 is 1.11 bits per heavy atom. The number of benzene rings is 2. The van der Waals surface area contributed by atoms with Crippen molar-refractivity contribution in [1.82, 2.24) is 0 Å². The number of hydrogen-bond donors (Lipinski definition) is 1. The largest absolute Gasteiger partial charge is 0.381 e. The first-order valence-corrected chi connectivity index (χ1v) is 7.12. The van der Waals surface area contributed by atoms with Gasteiger partial charge in [-0.05, 0) is 46.4 Å². The van der Waals surface area contributed by atoms with Gasteiger partial charge in [0.2, 0.25) is 0 Å². The standard InChI is InChI=1S/C15H13ClIN/c16-13-8-9-15(14(17)11-13)18-10-4-7-12-5-2-1-3-6-12/h1-9,11,18H,10H2/b7-4+. The van der Waals surface area contributed by atoms with Gasteiger partial charge in [-0.15, -0.1) is 0 Å². The maximum absolute atomic E-state index is 5.91. The molecular formula is C15H13ClIN. The van der Waals surface area contributed by atoms with Crippen molar-refractivity contribution in [2.45, 2.75) is 0 Å². The van der Waals surface area contributed by atoms with Crippen molar-refractivity contribution < 1.29 is 0 Å². The molecule has 0 amide bonds. The summed E-state index contributed by atoms with van der Waals surface area (Å²) in [5.41, 5.74) is 2.32. The smallest absolute Gasteiger partial charge is 0.0479 e. The predicted molar refractivity (Wildman–Crippen MR) is 88.1 cm³/mol. The highest BCUT2D eigenvalue weighted by Crippen LogP contribution is 2.22. The first-order valence-electron chi connectivity index (χ1n) is 5.66. The molecule has 0 unspecified atom stereocenters. The van der Waals surface area contributed by atoms with E-state index in [0.29, 0.717) is 0 Å². The van der Waals surface area contributed by atoms with Gasteiger partial charge in [-0.1, -0.05) is 54.1 Å². The molecule has 3 heteroatoms. The van der Waals surface area contributed by atoms with E-state index in [0.717, 1.165) is 20.8 Å². The van der Waals surface area contributed by atoms with E-state index in [2.05, 4.69) is 52.2 Å². The molecule has 0 spiro atoms. The van der Waals surface area contributed by atoms with E-state index in [-0.39, 0.29) is 0 Å². The minimum Gasteiger partial charge on any atom is -0.381 e. The van der Waals surface area contributed by atoms with Crippen molar-refractivity contribution in [2.75, 3.05) is 11.9 Å². The quantitative estimate of drug-likeness (QED) is 0.742. The first-order chi connectivity index (χ1) is 8.75. The SMILES string of the molecule is Clc1ccc(NC/C=C/c2ccccc2)c(I)c1. The fourth-order valence-electron chi connectivity index (χ4n) is 1.56. The van der Waals surface area contributed by atoms with Gasteiger partial charge in [0.15, 0.2) is 0 Å². The average Bonchev–Trinajstić information content (AvgIpc) is 2.38. The van der Waals surface area contributed by atoms with Crippen LogP contribution in [0, 0.1) is 3.57 Å². The van der Waals surface area contributed by atoms with Crippen molar-refractivity contribution in [3.63, 3.8) is 0 Å².